The fraction of sp³-hybridized carbons (Fsp3) is 0.304. The maximum atomic E-state index is 13.0. The predicted octanol–water partition coefficient (Wildman–Crippen LogP) is 5.75. The minimum absolute atomic E-state index is 0.0437. The summed E-state index contributed by atoms with van der Waals surface area (Å²) in [5.41, 5.74) is 2.18. The monoisotopic (exact) mass is 415 g/mol. The summed E-state index contributed by atoms with van der Waals surface area (Å²) in [6, 6.07) is 14.4. The average Bonchev–Trinajstić information content (AvgIpc) is 2.73. The first-order valence-electron chi connectivity index (χ1n) is 9.83. The number of amides is 1. The summed E-state index contributed by atoms with van der Waals surface area (Å²) in [4.78, 5) is 12.6. The normalized spacial score (nSPS) is 14.4. The Hall–Kier alpha value is -3.09. The first-order valence-corrected chi connectivity index (χ1v) is 9.83. The van der Waals surface area contributed by atoms with Gasteiger partial charge in [0.2, 0.25) is 0 Å². The molecule has 3 N–H and O–H groups in total. The zero-order chi connectivity index (χ0) is 21.7. The van der Waals surface area contributed by atoms with Crippen LogP contribution in [0, 0.1) is 12.3 Å². The number of halogens is 3. The molecule has 7 heteroatoms. The molecule has 0 heterocycles. The van der Waals surface area contributed by atoms with Crippen LogP contribution >= 0.6 is 0 Å². The molecule has 3 rings (SSSR count). The van der Waals surface area contributed by atoms with E-state index in [1.165, 1.54) is 0 Å². The number of hydrogen-bond acceptors (Lipinski definition) is 3. The van der Waals surface area contributed by atoms with Crippen LogP contribution in [-0.4, -0.2) is 17.8 Å². The third kappa shape index (κ3) is 5.28. The van der Waals surface area contributed by atoms with E-state index in [-0.39, 0.29) is 24.4 Å². The van der Waals surface area contributed by atoms with Gasteiger partial charge in [-0.05, 0) is 61.9 Å². The smallest absolute Gasteiger partial charge is 0.384 e. The van der Waals surface area contributed by atoms with Crippen LogP contribution in [0.15, 0.2) is 59.8 Å². The van der Waals surface area contributed by atoms with Gasteiger partial charge in [0.15, 0.2) is 0 Å². The molecule has 158 valence electrons. The first kappa shape index (κ1) is 21.6. The molecular weight excluding hydrogens is 391 g/mol. The van der Waals surface area contributed by atoms with Gasteiger partial charge in [0.1, 0.15) is 5.71 Å². The van der Waals surface area contributed by atoms with Crippen molar-refractivity contribution in [3.63, 3.8) is 0 Å². The zero-order valence-electron chi connectivity index (χ0n) is 16.7. The van der Waals surface area contributed by atoms with E-state index in [9.17, 15) is 18.0 Å². The zero-order valence-corrected chi connectivity index (χ0v) is 16.7. The van der Waals surface area contributed by atoms with E-state index in [1.54, 1.807) is 18.2 Å². The van der Waals surface area contributed by atoms with Gasteiger partial charge in [-0.25, -0.2) is 0 Å². The number of alkyl halides is 3. The van der Waals surface area contributed by atoms with E-state index in [2.05, 4.69) is 10.6 Å². The number of rotatable bonds is 6. The van der Waals surface area contributed by atoms with Crippen molar-refractivity contribution in [3.8, 4) is 0 Å². The van der Waals surface area contributed by atoms with Gasteiger partial charge in [-0.1, -0.05) is 30.3 Å². The van der Waals surface area contributed by atoms with Crippen LogP contribution in [0.5, 0.6) is 0 Å². The highest BCUT2D eigenvalue weighted by molar-refractivity contribution is 6.04. The summed E-state index contributed by atoms with van der Waals surface area (Å²) in [5.74, 6) is -0.248. The molecule has 1 aliphatic rings. The Morgan fingerprint density at radius 3 is 2.53 bits per heavy atom. The highest BCUT2D eigenvalue weighted by atomic mass is 19.4. The highest BCUT2D eigenvalue weighted by Crippen LogP contribution is 2.30. The number of para-hydroxylation sites is 1. The van der Waals surface area contributed by atoms with Gasteiger partial charge in [0.05, 0.1) is 0 Å². The van der Waals surface area contributed by atoms with E-state index < -0.39 is 11.9 Å². The third-order valence-electron chi connectivity index (χ3n) is 5.14. The Kier molecular flexibility index (Phi) is 6.59. The van der Waals surface area contributed by atoms with E-state index in [0.717, 1.165) is 23.2 Å². The van der Waals surface area contributed by atoms with Gasteiger partial charge >= 0.3 is 6.18 Å². The van der Waals surface area contributed by atoms with Crippen molar-refractivity contribution in [2.24, 2.45) is 0 Å². The molecule has 0 bridgehead atoms. The van der Waals surface area contributed by atoms with Gasteiger partial charge in [-0.2, -0.15) is 13.2 Å². The van der Waals surface area contributed by atoms with E-state index >= 15 is 0 Å². The lowest BCUT2D eigenvalue weighted by atomic mass is 9.92. The quantitative estimate of drug-likeness (QED) is 0.526. The molecule has 2 aromatic rings. The molecule has 30 heavy (non-hydrogen) atoms. The van der Waals surface area contributed by atoms with Gasteiger partial charge in [-0.3, -0.25) is 10.2 Å². The van der Waals surface area contributed by atoms with E-state index in [0.29, 0.717) is 24.1 Å². The second-order valence-corrected chi connectivity index (χ2v) is 7.36. The summed E-state index contributed by atoms with van der Waals surface area (Å²) in [7, 11) is 0. The lowest BCUT2D eigenvalue weighted by Crippen LogP contribution is -2.29. The molecule has 0 aromatic heterocycles. The van der Waals surface area contributed by atoms with Crippen molar-refractivity contribution in [2.75, 3.05) is 5.32 Å². The predicted molar refractivity (Wildman–Crippen MR) is 112 cm³/mol. The number of allylic oxidation sites excluding steroid dienone is 2. The molecule has 0 saturated heterocycles. The van der Waals surface area contributed by atoms with Crippen LogP contribution in [0.1, 0.15) is 47.2 Å². The maximum absolute atomic E-state index is 13.0. The first-order chi connectivity index (χ1) is 14.3. The van der Waals surface area contributed by atoms with Crippen molar-refractivity contribution in [2.45, 2.75) is 45.3 Å². The van der Waals surface area contributed by atoms with Crippen LogP contribution in [0.25, 0.3) is 0 Å². The number of anilines is 1. The van der Waals surface area contributed by atoms with Crippen LogP contribution < -0.4 is 10.6 Å². The summed E-state index contributed by atoms with van der Waals surface area (Å²) in [6.45, 7) is 2.19. The van der Waals surface area contributed by atoms with Crippen LogP contribution in [-0.2, 0) is 6.54 Å². The third-order valence-corrected chi connectivity index (χ3v) is 5.14. The van der Waals surface area contributed by atoms with Crippen molar-refractivity contribution in [3.05, 3.63) is 76.5 Å². The molecular formula is C23H24F3N3O. The molecule has 1 aliphatic carbocycles. The Bertz CT molecular complexity index is 980. The standard InChI is InChI=1S/C23H24F3N3O/c1-15-7-2-4-11-19(15)29-22(30)17-9-6-8-16(13-17)14-28-20-12-5-3-10-18(20)21(27)23(24,25)26/h2,4,6-9,11,13,27-28H,3,5,10,12,14H2,1H3,(H,29,30). The van der Waals surface area contributed by atoms with Crippen LogP contribution in [0.3, 0.4) is 0 Å². The molecule has 4 nitrogen and oxygen atoms in total. The molecule has 0 radical (unpaired) electrons. The topological polar surface area (TPSA) is 65.0 Å². The van der Waals surface area contributed by atoms with Crippen molar-refractivity contribution < 1.29 is 18.0 Å². The van der Waals surface area contributed by atoms with Gasteiger partial charge < -0.3 is 10.6 Å². The second-order valence-electron chi connectivity index (χ2n) is 7.36. The van der Waals surface area contributed by atoms with Crippen molar-refractivity contribution in [1.29, 1.82) is 5.41 Å². The maximum Gasteiger partial charge on any atom is 0.432 e. The Morgan fingerprint density at radius 1 is 1.07 bits per heavy atom. The number of carbonyl (C=O) groups excluding carboxylic acids is 1. The summed E-state index contributed by atoms with van der Waals surface area (Å²) in [6.07, 6.45) is -2.47. The fourth-order valence-electron chi connectivity index (χ4n) is 3.49. The summed E-state index contributed by atoms with van der Waals surface area (Å²) < 4.78 is 39.0. The minimum Gasteiger partial charge on any atom is -0.384 e. The molecule has 0 atom stereocenters. The van der Waals surface area contributed by atoms with Gasteiger partial charge in [-0.15, -0.1) is 0 Å². The number of hydrogen-bond donors (Lipinski definition) is 3. The van der Waals surface area contributed by atoms with Crippen LogP contribution in [0.4, 0.5) is 18.9 Å². The lowest BCUT2D eigenvalue weighted by molar-refractivity contribution is -0.0592. The van der Waals surface area contributed by atoms with E-state index in [4.69, 9.17) is 5.41 Å². The Labute approximate surface area is 173 Å². The number of carbonyl (C=O) groups is 1. The van der Waals surface area contributed by atoms with Crippen molar-refractivity contribution >= 4 is 17.3 Å². The highest BCUT2D eigenvalue weighted by Gasteiger charge is 2.38. The van der Waals surface area contributed by atoms with Gasteiger partial charge in [0.25, 0.3) is 5.91 Å². The van der Waals surface area contributed by atoms with Crippen LogP contribution in [0.2, 0.25) is 0 Å². The van der Waals surface area contributed by atoms with Crippen molar-refractivity contribution in [1.82, 2.24) is 5.32 Å². The average molecular weight is 415 g/mol. The lowest BCUT2D eigenvalue weighted by Gasteiger charge is -2.23. The molecule has 0 fully saturated rings. The summed E-state index contributed by atoms with van der Waals surface area (Å²) >= 11 is 0. The molecule has 0 aliphatic heterocycles. The fourth-order valence-corrected chi connectivity index (χ4v) is 3.49. The second kappa shape index (κ2) is 9.15. The molecule has 1 amide bonds. The Morgan fingerprint density at radius 2 is 1.80 bits per heavy atom. The number of nitrogens with one attached hydrogen (secondary N) is 3. The molecule has 2 aromatic carbocycles. The van der Waals surface area contributed by atoms with Gasteiger partial charge in [0, 0.05) is 29.1 Å². The Balaban J connectivity index is 1.72. The summed E-state index contributed by atoms with van der Waals surface area (Å²) in [5, 5.41) is 13.4. The minimum atomic E-state index is -4.65. The molecule has 0 saturated carbocycles. The SMILES string of the molecule is Cc1ccccc1NC(=O)c1cccc(CNC2=C(C(=N)C(F)(F)F)CCCC2)c1. The molecule has 0 spiro atoms. The number of benzene rings is 2. The van der Waals surface area contributed by atoms with E-state index in [1.807, 2.05) is 37.3 Å². The largest absolute Gasteiger partial charge is 0.432 e. The molecule has 0 unspecified atom stereocenters. The number of aryl methyl sites for hydroxylation is 1.